The van der Waals surface area contributed by atoms with Crippen LogP contribution < -0.4 is 5.32 Å². The van der Waals surface area contributed by atoms with Gasteiger partial charge >= 0.3 is 0 Å². The number of H-pyrrole nitrogens is 1. The number of nitrogens with one attached hydrogen (secondary N) is 2. The number of aromatic nitrogens is 4. The van der Waals surface area contributed by atoms with Crippen molar-refractivity contribution in [2.45, 2.75) is 19.9 Å². The highest BCUT2D eigenvalue weighted by atomic mass is 32.1. The molecule has 0 fully saturated rings. The number of aromatic amines is 1. The molecule has 0 spiro atoms. The van der Waals surface area contributed by atoms with Crippen LogP contribution in [0.4, 0.5) is 5.13 Å². The molecule has 0 bridgehead atoms. The summed E-state index contributed by atoms with van der Waals surface area (Å²) in [5, 5.41) is 19.7. The summed E-state index contributed by atoms with van der Waals surface area (Å²) in [7, 11) is 0. The van der Waals surface area contributed by atoms with Crippen molar-refractivity contribution in [2.24, 2.45) is 0 Å². The topological polar surface area (TPSA) is 66.5 Å². The lowest BCUT2D eigenvalue weighted by Gasteiger charge is -2.08. The molecule has 0 amide bonds. The summed E-state index contributed by atoms with van der Waals surface area (Å²) in [6.45, 7) is 3.99. The molecule has 0 aliphatic heterocycles. The van der Waals surface area contributed by atoms with Crippen molar-refractivity contribution in [3.63, 3.8) is 0 Å². The number of anilines is 1. The Morgan fingerprint density at radius 3 is 2.93 bits per heavy atom. The second-order valence-electron chi connectivity index (χ2n) is 3.02. The van der Waals surface area contributed by atoms with Crippen LogP contribution in [-0.2, 0) is 0 Å². The zero-order chi connectivity index (χ0) is 9.97. The van der Waals surface area contributed by atoms with Crippen LogP contribution in [0.1, 0.15) is 23.5 Å². The largest absolute Gasteiger partial charge is 0.353 e. The Morgan fingerprint density at radius 1 is 1.50 bits per heavy atom. The molecule has 14 heavy (non-hydrogen) atoms. The molecule has 0 saturated carbocycles. The normalized spacial score (nSPS) is 12.7. The Labute approximate surface area is 85.6 Å². The smallest absolute Gasteiger partial charge is 0.206 e. The minimum absolute atomic E-state index is 0.195. The lowest BCUT2D eigenvalue weighted by atomic mass is 10.2. The van der Waals surface area contributed by atoms with Crippen LogP contribution in [-0.4, -0.2) is 20.4 Å². The Balaban J connectivity index is 2.05. The molecule has 0 aromatic carbocycles. The summed E-state index contributed by atoms with van der Waals surface area (Å²) >= 11 is 1.55. The third kappa shape index (κ3) is 1.90. The number of rotatable bonds is 3. The summed E-state index contributed by atoms with van der Waals surface area (Å²) in [4.78, 5) is 0. The first kappa shape index (κ1) is 9.14. The average Bonchev–Trinajstić information content (AvgIpc) is 2.75. The molecule has 1 atom stereocenters. The molecule has 74 valence electrons. The van der Waals surface area contributed by atoms with Crippen LogP contribution in [0.25, 0.3) is 0 Å². The van der Waals surface area contributed by atoms with Crippen LogP contribution in [0, 0.1) is 6.92 Å². The van der Waals surface area contributed by atoms with Crippen molar-refractivity contribution < 1.29 is 0 Å². The number of hydrogen-bond donors (Lipinski definition) is 2. The predicted octanol–water partition coefficient (Wildman–Crippen LogP) is 1.74. The molecule has 5 nitrogen and oxygen atoms in total. The van der Waals surface area contributed by atoms with Crippen molar-refractivity contribution >= 4 is 16.5 Å². The molecule has 1 unspecified atom stereocenters. The molecule has 0 radical (unpaired) electrons. The van der Waals surface area contributed by atoms with Crippen molar-refractivity contribution in [1.82, 2.24) is 20.4 Å². The average molecular weight is 209 g/mol. The highest BCUT2D eigenvalue weighted by molar-refractivity contribution is 7.15. The molecule has 0 aliphatic carbocycles. The van der Waals surface area contributed by atoms with Gasteiger partial charge in [0, 0.05) is 11.8 Å². The van der Waals surface area contributed by atoms with Crippen molar-refractivity contribution in [3.05, 3.63) is 23.0 Å². The number of hydrogen-bond acceptors (Lipinski definition) is 5. The molecule has 0 aliphatic rings. The summed E-state index contributed by atoms with van der Waals surface area (Å²) in [6, 6.07) is 0.195. The second-order valence-corrected chi connectivity index (χ2v) is 4.21. The van der Waals surface area contributed by atoms with Gasteiger partial charge in [-0.15, -0.1) is 10.2 Å². The van der Waals surface area contributed by atoms with E-state index in [0.717, 1.165) is 15.7 Å². The molecule has 2 N–H and O–H groups in total. The maximum atomic E-state index is 3.99. The molecular weight excluding hydrogens is 198 g/mol. The lowest BCUT2D eigenvalue weighted by Crippen LogP contribution is -2.05. The first-order valence-electron chi connectivity index (χ1n) is 4.31. The molecule has 2 rings (SSSR count). The molecular formula is C8H11N5S. The first-order chi connectivity index (χ1) is 6.75. The highest BCUT2D eigenvalue weighted by Crippen LogP contribution is 2.20. The standard InChI is InChI=1S/C8H11N5S/c1-5(7-3-9-10-4-7)11-8-13-12-6(2)14-8/h3-5H,1-2H3,(H,9,10)(H,11,13). The zero-order valence-corrected chi connectivity index (χ0v) is 8.80. The molecule has 6 heteroatoms. The Kier molecular flexibility index (Phi) is 2.45. The van der Waals surface area contributed by atoms with Crippen molar-refractivity contribution in [3.8, 4) is 0 Å². The second kappa shape index (κ2) is 3.75. The van der Waals surface area contributed by atoms with E-state index in [1.807, 2.05) is 13.1 Å². The molecule has 2 aromatic heterocycles. The van der Waals surface area contributed by atoms with Gasteiger partial charge in [0.05, 0.1) is 12.2 Å². The minimum Gasteiger partial charge on any atom is -0.353 e. The van der Waals surface area contributed by atoms with Gasteiger partial charge in [-0.05, 0) is 13.8 Å². The third-order valence-corrected chi connectivity index (χ3v) is 2.66. The number of nitrogens with zero attached hydrogens (tertiary/aromatic N) is 3. The monoisotopic (exact) mass is 209 g/mol. The summed E-state index contributed by atoms with van der Waals surface area (Å²) in [6.07, 6.45) is 3.66. The van der Waals surface area contributed by atoms with E-state index >= 15 is 0 Å². The van der Waals surface area contributed by atoms with Crippen molar-refractivity contribution in [1.29, 1.82) is 0 Å². The highest BCUT2D eigenvalue weighted by Gasteiger charge is 2.08. The van der Waals surface area contributed by atoms with Gasteiger partial charge in [-0.1, -0.05) is 11.3 Å². The van der Waals surface area contributed by atoms with Gasteiger partial charge in [0.1, 0.15) is 5.01 Å². The summed E-state index contributed by atoms with van der Waals surface area (Å²) < 4.78 is 0. The maximum Gasteiger partial charge on any atom is 0.206 e. The van der Waals surface area contributed by atoms with E-state index in [0.29, 0.717) is 0 Å². The van der Waals surface area contributed by atoms with E-state index in [9.17, 15) is 0 Å². The van der Waals surface area contributed by atoms with Gasteiger partial charge in [-0.3, -0.25) is 5.10 Å². The fourth-order valence-corrected chi connectivity index (χ4v) is 1.80. The van der Waals surface area contributed by atoms with E-state index in [-0.39, 0.29) is 6.04 Å². The van der Waals surface area contributed by atoms with Crippen LogP contribution in [0.2, 0.25) is 0 Å². The molecule has 2 aromatic rings. The quantitative estimate of drug-likeness (QED) is 0.808. The van der Waals surface area contributed by atoms with Gasteiger partial charge in [-0.2, -0.15) is 5.10 Å². The van der Waals surface area contributed by atoms with Gasteiger partial charge in [0.25, 0.3) is 0 Å². The van der Waals surface area contributed by atoms with Crippen molar-refractivity contribution in [2.75, 3.05) is 5.32 Å². The zero-order valence-electron chi connectivity index (χ0n) is 7.98. The van der Waals surface area contributed by atoms with E-state index in [4.69, 9.17) is 0 Å². The van der Waals surface area contributed by atoms with E-state index in [1.165, 1.54) is 0 Å². The number of aryl methyl sites for hydroxylation is 1. The fraction of sp³-hybridized carbons (Fsp3) is 0.375. The maximum absolute atomic E-state index is 3.99. The Morgan fingerprint density at radius 2 is 2.36 bits per heavy atom. The van der Waals surface area contributed by atoms with Gasteiger partial charge in [-0.25, -0.2) is 0 Å². The van der Waals surface area contributed by atoms with Gasteiger partial charge < -0.3 is 5.32 Å². The minimum atomic E-state index is 0.195. The lowest BCUT2D eigenvalue weighted by molar-refractivity contribution is 0.873. The van der Waals surface area contributed by atoms with Gasteiger partial charge in [0.15, 0.2) is 0 Å². The van der Waals surface area contributed by atoms with E-state index < -0.39 is 0 Å². The SMILES string of the molecule is Cc1nnc(NC(C)c2cn[nH]c2)s1. The fourth-order valence-electron chi connectivity index (χ4n) is 1.12. The van der Waals surface area contributed by atoms with E-state index in [1.54, 1.807) is 17.5 Å². The molecule has 2 heterocycles. The summed E-state index contributed by atoms with van der Waals surface area (Å²) in [5.74, 6) is 0. The third-order valence-electron chi connectivity index (χ3n) is 1.89. The van der Waals surface area contributed by atoms with E-state index in [2.05, 4.69) is 32.6 Å². The first-order valence-corrected chi connectivity index (χ1v) is 5.12. The Hall–Kier alpha value is -1.43. The van der Waals surface area contributed by atoms with Crippen LogP contribution in [0.15, 0.2) is 12.4 Å². The van der Waals surface area contributed by atoms with Gasteiger partial charge in [0.2, 0.25) is 5.13 Å². The van der Waals surface area contributed by atoms with Crippen LogP contribution in [0.3, 0.4) is 0 Å². The van der Waals surface area contributed by atoms with Crippen LogP contribution >= 0.6 is 11.3 Å². The molecule has 0 saturated heterocycles. The predicted molar refractivity (Wildman–Crippen MR) is 55.3 cm³/mol. The van der Waals surface area contributed by atoms with Crippen LogP contribution in [0.5, 0.6) is 0 Å². The Bertz CT molecular complexity index is 394. The summed E-state index contributed by atoms with van der Waals surface area (Å²) in [5.41, 5.74) is 1.11.